The van der Waals surface area contributed by atoms with E-state index < -0.39 is 24.5 Å². The second kappa shape index (κ2) is 8.53. The number of hydrogen-bond acceptors (Lipinski definition) is 3. The Morgan fingerprint density at radius 3 is 1.73 bits per heavy atom. The first kappa shape index (κ1) is 17.5. The molecule has 1 atom stereocenters. The van der Waals surface area contributed by atoms with E-state index in [1.165, 1.54) is 0 Å². The van der Waals surface area contributed by atoms with E-state index in [-0.39, 0.29) is 51.8 Å². The number of rotatable bonds is 3. The van der Waals surface area contributed by atoms with Crippen LogP contribution >= 0.6 is 0 Å². The molecule has 0 aromatic heterocycles. The molecule has 0 saturated carbocycles. The molecule has 0 aliphatic heterocycles. The average Bonchev–Trinajstić information content (AvgIpc) is 1.63. The minimum atomic E-state index is -1.79. The van der Waals surface area contributed by atoms with Crippen molar-refractivity contribution in [1.29, 1.82) is 0 Å². The monoisotopic (exact) mass is 186 g/mol. The van der Waals surface area contributed by atoms with Gasteiger partial charge in [0.25, 0.3) is 0 Å². The number of aliphatic carboxylic acids is 2. The minimum Gasteiger partial charge on any atom is -1.00 e. The van der Waals surface area contributed by atoms with E-state index in [2.05, 4.69) is 0 Å². The van der Waals surface area contributed by atoms with Crippen molar-refractivity contribution >= 4 is 58.0 Å². The molecule has 1 unspecified atom stereocenters. The van der Waals surface area contributed by atoms with Crippen LogP contribution in [0.25, 0.3) is 0 Å². The molecular weight excluding hydrogens is 177 g/mol. The number of hydrogen-bond donors (Lipinski definition) is 3. The van der Waals surface area contributed by atoms with Crippen LogP contribution in [0.4, 0.5) is 0 Å². The zero-order valence-corrected chi connectivity index (χ0v) is 8.69. The maximum absolute atomic E-state index is 9.72. The van der Waals surface area contributed by atoms with Gasteiger partial charge in [0.05, 0.1) is 6.42 Å². The van der Waals surface area contributed by atoms with Crippen molar-refractivity contribution in [3.63, 3.8) is 0 Å². The summed E-state index contributed by atoms with van der Waals surface area (Å²) in [5.41, 5.74) is 0. The van der Waals surface area contributed by atoms with Crippen LogP contribution in [0.3, 0.4) is 0 Å². The summed E-state index contributed by atoms with van der Waals surface area (Å²) in [4.78, 5) is 19.4. The van der Waals surface area contributed by atoms with Crippen molar-refractivity contribution < 1.29 is 30.6 Å². The topological polar surface area (TPSA) is 94.8 Å². The second-order valence-electron chi connectivity index (χ2n) is 1.45. The molecule has 0 radical (unpaired) electrons. The van der Waals surface area contributed by atoms with Gasteiger partial charge in [0.15, 0.2) is 6.10 Å². The Morgan fingerprint density at radius 1 is 1.27 bits per heavy atom. The van der Waals surface area contributed by atoms with Crippen LogP contribution < -0.4 is 0 Å². The zero-order chi connectivity index (χ0) is 7.44. The molecule has 0 amide bonds. The van der Waals surface area contributed by atoms with Crippen molar-refractivity contribution in [3.05, 3.63) is 0 Å². The molecule has 0 fully saturated rings. The number of aliphatic hydroxyl groups excluding tert-OH is 1. The molecule has 3 N–H and O–H groups in total. The molecule has 0 aromatic carbocycles. The molecule has 0 bridgehead atoms. The number of aliphatic hydroxyl groups is 1. The molecule has 7 heteroatoms. The van der Waals surface area contributed by atoms with E-state index in [4.69, 9.17) is 15.3 Å². The Labute approximate surface area is 101 Å². The van der Waals surface area contributed by atoms with Gasteiger partial charge in [0.2, 0.25) is 0 Å². The van der Waals surface area contributed by atoms with E-state index in [9.17, 15) is 9.59 Å². The number of carbonyl (C=O) groups is 2. The van der Waals surface area contributed by atoms with Gasteiger partial charge in [-0.05, 0) is 0 Å². The van der Waals surface area contributed by atoms with Crippen molar-refractivity contribution in [2.24, 2.45) is 0 Å². The molecule has 11 heavy (non-hydrogen) atoms. The molecule has 0 spiro atoms. The van der Waals surface area contributed by atoms with E-state index in [1.54, 1.807) is 0 Å². The SMILES string of the molecule is O=C(O)CC(O)C(=O)O.[H-].[H-].[H-].[H-].[Mg+2].[Mg+2]. The Morgan fingerprint density at radius 2 is 1.64 bits per heavy atom. The van der Waals surface area contributed by atoms with Crippen molar-refractivity contribution in [1.82, 2.24) is 0 Å². The maximum Gasteiger partial charge on any atom is 2.00 e. The Balaban J connectivity index is -0.0000000213. The summed E-state index contributed by atoms with van der Waals surface area (Å²) in [7, 11) is 0. The fourth-order valence-corrected chi connectivity index (χ4v) is 0.253. The van der Waals surface area contributed by atoms with Crippen LogP contribution in [0.2, 0.25) is 0 Å². The summed E-state index contributed by atoms with van der Waals surface area (Å²) < 4.78 is 0. The summed E-state index contributed by atoms with van der Waals surface area (Å²) in [6.07, 6.45) is -2.54. The van der Waals surface area contributed by atoms with E-state index in [0.29, 0.717) is 0 Å². The molecule has 0 aliphatic carbocycles. The van der Waals surface area contributed by atoms with Crippen LogP contribution in [-0.4, -0.2) is 79.5 Å². The predicted octanol–water partition coefficient (Wildman–Crippen LogP) is -1.41. The third kappa shape index (κ3) is 10.4. The Hall–Kier alpha value is 0.432. The summed E-state index contributed by atoms with van der Waals surface area (Å²) in [6.45, 7) is 0. The van der Waals surface area contributed by atoms with E-state index >= 15 is 0 Å². The second-order valence-corrected chi connectivity index (χ2v) is 1.45. The van der Waals surface area contributed by atoms with Crippen molar-refractivity contribution in [3.8, 4) is 0 Å². The number of carboxylic acids is 2. The maximum atomic E-state index is 9.72. The van der Waals surface area contributed by atoms with Crippen LogP contribution in [0.15, 0.2) is 0 Å². The van der Waals surface area contributed by atoms with Gasteiger partial charge >= 0.3 is 58.0 Å². The van der Waals surface area contributed by atoms with Crippen LogP contribution in [-0.2, 0) is 9.59 Å². The van der Waals surface area contributed by atoms with Gasteiger partial charge in [-0.25, -0.2) is 4.79 Å². The normalized spacial score (nSPS) is 10.3. The molecule has 0 saturated heterocycles. The van der Waals surface area contributed by atoms with Gasteiger partial charge in [-0.15, -0.1) is 0 Å². The first-order chi connectivity index (χ1) is 4.04. The molecule has 0 heterocycles. The standard InChI is InChI=1S/C4H6O5.2Mg.4H/c5-2(4(8)9)1-3(6)7;;;;;;/h2,5H,1H2,(H,6,7)(H,8,9);;;;;;/q;2*+2;4*-1. The molecular formula is C4H10Mg2O5. The largest absolute Gasteiger partial charge is 2.00 e. The van der Waals surface area contributed by atoms with Gasteiger partial charge in [0, 0.05) is 0 Å². The van der Waals surface area contributed by atoms with Gasteiger partial charge in [-0.2, -0.15) is 0 Å². The summed E-state index contributed by atoms with van der Waals surface area (Å²) in [5, 5.41) is 24.1. The Bertz CT molecular complexity index is 149. The molecule has 0 aliphatic rings. The first-order valence-electron chi connectivity index (χ1n) is 2.16. The summed E-state index contributed by atoms with van der Waals surface area (Å²) in [6, 6.07) is 0. The Kier molecular flexibility index (Phi) is 13.6. The van der Waals surface area contributed by atoms with Gasteiger partial charge in [-0.3, -0.25) is 4.79 Å². The third-order valence-electron chi connectivity index (χ3n) is 0.653. The fraction of sp³-hybridized carbons (Fsp3) is 0.500. The quantitative estimate of drug-likeness (QED) is 0.471. The van der Waals surface area contributed by atoms with Gasteiger partial charge in [0.1, 0.15) is 0 Å². The molecule has 5 nitrogen and oxygen atoms in total. The summed E-state index contributed by atoms with van der Waals surface area (Å²) in [5.74, 6) is -2.85. The first-order valence-corrected chi connectivity index (χ1v) is 2.16. The van der Waals surface area contributed by atoms with Crippen molar-refractivity contribution in [2.75, 3.05) is 0 Å². The summed E-state index contributed by atoms with van der Waals surface area (Å²) >= 11 is 0. The predicted molar refractivity (Wildman–Crippen MR) is 41.9 cm³/mol. The van der Waals surface area contributed by atoms with Crippen LogP contribution in [0.1, 0.15) is 12.1 Å². The fourth-order valence-electron chi connectivity index (χ4n) is 0.253. The van der Waals surface area contributed by atoms with Crippen LogP contribution in [0, 0.1) is 0 Å². The van der Waals surface area contributed by atoms with E-state index in [0.717, 1.165) is 0 Å². The third-order valence-corrected chi connectivity index (χ3v) is 0.653. The minimum absolute atomic E-state index is 0. The zero-order valence-electron chi connectivity index (χ0n) is 9.86. The van der Waals surface area contributed by atoms with Gasteiger partial charge < -0.3 is 21.0 Å². The van der Waals surface area contributed by atoms with Gasteiger partial charge in [-0.1, -0.05) is 0 Å². The average molecular weight is 187 g/mol. The smallest absolute Gasteiger partial charge is 1.00 e. The van der Waals surface area contributed by atoms with Crippen molar-refractivity contribution in [2.45, 2.75) is 12.5 Å². The van der Waals surface area contributed by atoms with E-state index in [1.807, 2.05) is 0 Å². The van der Waals surface area contributed by atoms with Crippen LogP contribution in [0.5, 0.6) is 0 Å². The molecule has 0 aromatic rings. The molecule has 60 valence electrons. The molecule has 0 rings (SSSR count). The number of carboxylic acid groups (broad SMARTS) is 2.